The Morgan fingerprint density at radius 2 is 2.00 bits per heavy atom. The van der Waals surface area contributed by atoms with Crippen LogP contribution in [-0.4, -0.2) is 38.4 Å². The molecule has 1 aromatic carbocycles. The summed E-state index contributed by atoms with van der Waals surface area (Å²) < 4.78 is 7.24. The predicted molar refractivity (Wildman–Crippen MR) is 91.9 cm³/mol. The van der Waals surface area contributed by atoms with Crippen molar-refractivity contribution in [1.29, 1.82) is 0 Å². The van der Waals surface area contributed by atoms with E-state index in [0.29, 0.717) is 36.6 Å². The summed E-state index contributed by atoms with van der Waals surface area (Å²) in [5.41, 5.74) is 1.32. The minimum Gasteiger partial charge on any atom is -0.492 e. The normalized spacial score (nSPS) is 12.0. The van der Waals surface area contributed by atoms with E-state index in [0.717, 1.165) is 5.82 Å². The number of rotatable bonds is 8. The lowest BCUT2D eigenvalue weighted by molar-refractivity contribution is -0.146. The molecule has 0 spiro atoms. The van der Waals surface area contributed by atoms with Gasteiger partial charge in [0.05, 0.1) is 6.54 Å². The van der Waals surface area contributed by atoms with Crippen LogP contribution >= 0.6 is 0 Å². The van der Waals surface area contributed by atoms with Gasteiger partial charge in [-0.05, 0) is 24.6 Å². The van der Waals surface area contributed by atoms with Crippen molar-refractivity contribution in [3.05, 3.63) is 57.8 Å². The molecule has 0 aliphatic carbocycles. The molecular weight excluding hydrogens is 324 g/mol. The second-order valence-corrected chi connectivity index (χ2v) is 5.71. The van der Waals surface area contributed by atoms with Crippen molar-refractivity contribution in [3.8, 4) is 5.75 Å². The fraction of sp³-hybridized carbons (Fsp3) is 0.389. The van der Waals surface area contributed by atoms with Gasteiger partial charge in [0.25, 0.3) is 5.56 Å². The summed E-state index contributed by atoms with van der Waals surface area (Å²) in [7, 11) is 0. The van der Waals surface area contributed by atoms with Crippen molar-refractivity contribution in [2.75, 3.05) is 6.61 Å². The molecule has 0 aliphatic rings. The van der Waals surface area contributed by atoms with Crippen molar-refractivity contribution in [2.24, 2.45) is 0 Å². The van der Waals surface area contributed by atoms with Crippen LogP contribution < -0.4 is 10.3 Å². The summed E-state index contributed by atoms with van der Waals surface area (Å²) >= 11 is 0. The van der Waals surface area contributed by atoms with E-state index in [-0.39, 0.29) is 12.0 Å². The predicted octanol–water partition coefficient (Wildman–Crippen LogP) is 1.18. The number of aliphatic hydroxyl groups is 1. The Balaban J connectivity index is 1.94. The lowest BCUT2D eigenvalue weighted by Gasteiger charge is -2.12. The molecule has 2 aromatic rings. The highest BCUT2D eigenvalue weighted by atomic mass is 16.5. The monoisotopic (exact) mass is 346 g/mol. The number of ether oxygens (including phenoxy) is 1. The first kappa shape index (κ1) is 18.7. The maximum absolute atomic E-state index is 12.1. The van der Waals surface area contributed by atoms with Crippen molar-refractivity contribution in [1.82, 2.24) is 9.55 Å². The molecule has 1 heterocycles. The SMILES string of the molecule is CCc1nc(C)cc(=O)n1CCOc1ccc(CC(O)C(=O)O)cc1. The van der Waals surface area contributed by atoms with Crippen molar-refractivity contribution in [2.45, 2.75) is 39.3 Å². The highest BCUT2D eigenvalue weighted by Crippen LogP contribution is 2.13. The van der Waals surface area contributed by atoms with Crippen molar-refractivity contribution in [3.63, 3.8) is 0 Å². The molecule has 0 fully saturated rings. The molecule has 2 N–H and O–H groups in total. The standard InChI is InChI=1S/C18H22N2O5/c1-3-16-19-12(2)10-17(22)20(16)8-9-25-14-6-4-13(5-7-14)11-15(21)18(23)24/h4-7,10,15,21H,3,8-9,11H2,1-2H3,(H,23,24). The maximum atomic E-state index is 12.1. The summed E-state index contributed by atoms with van der Waals surface area (Å²) in [4.78, 5) is 27.1. The molecule has 0 saturated carbocycles. The number of hydrogen-bond acceptors (Lipinski definition) is 5. The van der Waals surface area contributed by atoms with E-state index in [9.17, 15) is 14.7 Å². The molecule has 0 amide bonds. The largest absolute Gasteiger partial charge is 0.492 e. The lowest BCUT2D eigenvalue weighted by atomic mass is 10.1. The maximum Gasteiger partial charge on any atom is 0.332 e. The Labute approximate surface area is 145 Å². The van der Waals surface area contributed by atoms with Crippen LogP contribution in [0.15, 0.2) is 35.1 Å². The van der Waals surface area contributed by atoms with E-state index in [2.05, 4.69) is 4.98 Å². The number of carboxylic acids is 1. The number of benzene rings is 1. The first-order valence-electron chi connectivity index (χ1n) is 8.10. The molecule has 1 aromatic heterocycles. The zero-order chi connectivity index (χ0) is 18.4. The van der Waals surface area contributed by atoms with Gasteiger partial charge in [0.15, 0.2) is 6.10 Å². The third-order valence-corrected chi connectivity index (χ3v) is 3.75. The van der Waals surface area contributed by atoms with Crippen LogP contribution in [0.4, 0.5) is 0 Å². The van der Waals surface area contributed by atoms with Crippen LogP contribution in [-0.2, 0) is 24.2 Å². The fourth-order valence-corrected chi connectivity index (χ4v) is 2.48. The van der Waals surface area contributed by atoms with Crippen molar-refractivity contribution < 1.29 is 19.7 Å². The van der Waals surface area contributed by atoms with E-state index in [1.54, 1.807) is 35.8 Å². The van der Waals surface area contributed by atoms with Gasteiger partial charge < -0.3 is 14.9 Å². The lowest BCUT2D eigenvalue weighted by Crippen LogP contribution is -2.27. The van der Waals surface area contributed by atoms with Crippen LogP contribution in [0.25, 0.3) is 0 Å². The molecule has 134 valence electrons. The number of aliphatic hydroxyl groups excluding tert-OH is 1. The number of aliphatic carboxylic acids is 1. The van der Waals surface area contributed by atoms with E-state index < -0.39 is 12.1 Å². The second-order valence-electron chi connectivity index (χ2n) is 5.71. The van der Waals surface area contributed by atoms with Crippen LogP contribution in [0.3, 0.4) is 0 Å². The number of aryl methyl sites for hydroxylation is 2. The molecule has 0 aliphatic heterocycles. The van der Waals surface area contributed by atoms with Gasteiger partial charge in [0, 0.05) is 24.6 Å². The number of hydrogen-bond donors (Lipinski definition) is 2. The molecule has 2 rings (SSSR count). The average Bonchev–Trinajstić information content (AvgIpc) is 2.57. The van der Waals surface area contributed by atoms with Crippen LogP contribution in [0.1, 0.15) is 24.0 Å². The van der Waals surface area contributed by atoms with Gasteiger partial charge in [-0.2, -0.15) is 0 Å². The van der Waals surface area contributed by atoms with Gasteiger partial charge >= 0.3 is 5.97 Å². The van der Waals surface area contributed by atoms with E-state index in [4.69, 9.17) is 9.84 Å². The van der Waals surface area contributed by atoms with Crippen LogP contribution in [0.5, 0.6) is 5.75 Å². The smallest absolute Gasteiger partial charge is 0.332 e. The van der Waals surface area contributed by atoms with Gasteiger partial charge in [-0.1, -0.05) is 19.1 Å². The summed E-state index contributed by atoms with van der Waals surface area (Å²) in [6.45, 7) is 4.45. The molecular formula is C18H22N2O5. The Hall–Kier alpha value is -2.67. The molecule has 7 heteroatoms. The Morgan fingerprint density at radius 1 is 1.32 bits per heavy atom. The first-order chi connectivity index (χ1) is 11.9. The van der Waals surface area contributed by atoms with Crippen LogP contribution in [0, 0.1) is 6.92 Å². The molecule has 7 nitrogen and oxygen atoms in total. The summed E-state index contributed by atoms with van der Waals surface area (Å²) in [5, 5.41) is 18.0. The number of carboxylic acid groups (broad SMARTS) is 1. The van der Waals surface area contributed by atoms with E-state index in [1.807, 2.05) is 6.92 Å². The summed E-state index contributed by atoms with van der Waals surface area (Å²) in [6.07, 6.45) is -0.711. The zero-order valence-electron chi connectivity index (χ0n) is 14.3. The van der Waals surface area contributed by atoms with Gasteiger partial charge in [-0.25, -0.2) is 9.78 Å². The molecule has 0 bridgehead atoms. The van der Waals surface area contributed by atoms with Gasteiger partial charge in [0.2, 0.25) is 0 Å². The van der Waals surface area contributed by atoms with E-state index >= 15 is 0 Å². The molecule has 25 heavy (non-hydrogen) atoms. The Kier molecular flexibility index (Phi) is 6.30. The highest BCUT2D eigenvalue weighted by molar-refractivity contribution is 5.72. The van der Waals surface area contributed by atoms with Crippen LogP contribution in [0.2, 0.25) is 0 Å². The van der Waals surface area contributed by atoms with Gasteiger partial charge in [0.1, 0.15) is 18.2 Å². The molecule has 1 unspecified atom stereocenters. The molecule has 1 atom stereocenters. The number of nitrogens with zero attached hydrogens (tertiary/aromatic N) is 2. The second kappa shape index (κ2) is 8.43. The summed E-state index contributed by atoms with van der Waals surface area (Å²) in [5.74, 6) is 0.0931. The number of carbonyl (C=O) groups is 1. The minimum atomic E-state index is -1.42. The van der Waals surface area contributed by atoms with Crippen molar-refractivity contribution >= 4 is 5.97 Å². The molecule has 0 saturated heterocycles. The third-order valence-electron chi connectivity index (χ3n) is 3.75. The van der Waals surface area contributed by atoms with Gasteiger partial charge in [-0.3, -0.25) is 9.36 Å². The summed E-state index contributed by atoms with van der Waals surface area (Å²) in [6, 6.07) is 8.33. The highest BCUT2D eigenvalue weighted by Gasteiger charge is 2.13. The third kappa shape index (κ3) is 5.15. The quantitative estimate of drug-likeness (QED) is 0.744. The average molecular weight is 346 g/mol. The molecule has 0 radical (unpaired) electrons. The van der Waals surface area contributed by atoms with Gasteiger partial charge in [-0.15, -0.1) is 0 Å². The minimum absolute atomic E-state index is 0.0416. The first-order valence-corrected chi connectivity index (χ1v) is 8.10. The zero-order valence-corrected chi connectivity index (χ0v) is 14.3. The Morgan fingerprint density at radius 3 is 2.60 bits per heavy atom. The fourth-order valence-electron chi connectivity index (χ4n) is 2.48. The topological polar surface area (TPSA) is 102 Å². The Bertz CT molecular complexity index is 783. The van der Waals surface area contributed by atoms with E-state index in [1.165, 1.54) is 6.07 Å². The number of aromatic nitrogens is 2.